The van der Waals surface area contributed by atoms with Gasteiger partial charge in [-0.15, -0.1) is 0 Å². The first-order valence-electron chi connectivity index (χ1n) is 8.24. The van der Waals surface area contributed by atoms with Gasteiger partial charge in [-0.3, -0.25) is 4.90 Å². The monoisotopic (exact) mass is 352 g/mol. The van der Waals surface area contributed by atoms with Crippen molar-refractivity contribution in [3.63, 3.8) is 0 Å². The minimum atomic E-state index is 0.154. The average molecular weight is 353 g/mol. The van der Waals surface area contributed by atoms with Crippen LogP contribution in [0.5, 0.6) is 0 Å². The molecule has 0 saturated carbocycles. The standard InChI is InChI=1S/C18H29BrN2/c1-13(2)15-5-4-11-21(12-10-15)18(14(3)20)16-6-8-17(19)9-7-16/h6-9,13-15,18H,4-5,10-12,20H2,1-3H3. The molecule has 1 heterocycles. The number of nitrogens with zero attached hydrogens (tertiary/aromatic N) is 1. The Balaban J connectivity index is 2.13. The quantitative estimate of drug-likeness (QED) is 0.857. The lowest BCUT2D eigenvalue weighted by molar-refractivity contribution is 0.179. The zero-order valence-corrected chi connectivity index (χ0v) is 15.1. The van der Waals surface area contributed by atoms with Crippen LogP contribution in [-0.2, 0) is 0 Å². The van der Waals surface area contributed by atoms with Gasteiger partial charge < -0.3 is 5.73 Å². The number of hydrogen-bond donors (Lipinski definition) is 1. The number of likely N-dealkylation sites (tertiary alicyclic amines) is 1. The fraction of sp³-hybridized carbons (Fsp3) is 0.667. The van der Waals surface area contributed by atoms with Crippen molar-refractivity contribution >= 4 is 15.9 Å². The summed E-state index contributed by atoms with van der Waals surface area (Å²) in [7, 11) is 0. The van der Waals surface area contributed by atoms with Gasteiger partial charge in [0.25, 0.3) is 0 Å². The molecule has 1 aliphatic heterocycles. The van der Waals surface area contributed by atoms with Crippen LogP contribution in [0.4, 0.5) is 0 Å². The molecular formula is C18H29BrN2. The highest BCUT2D eigenvalue weighted by atomic mass is 79.9. The number of halogens is 1. The Morgan fingerprint density at radius 3 is 2.33 bits per heavy atom. The number of benzene rings is 1. The Kier molecular flexibility index (Phi) is 6.27. The van der Waals surface area contributed by atoms with Crippen molar-refractivity contribution in [3.05, 3.63) is 34.3 Å². The first-order chi connectivity index (χ1) is 9.99. The van der Waals surface area contributed by atoms with E-state index in [1.165, 1.54) is 37.9 Å². The summed E-state index contributed by atoms with van der Waals surface area (Å²) in [6, 6.07) is 9.16. The first-order valence-corrected chi connectivity index (χ1v) is 9.03. The predicted octanol–water partition coefficient (Wildman–Crippen LogP) is 4.60. The van der Waals surface area contributed by atoms with Crippen LogP contribution in [0.2, 0.25) is 0 Å². The molecule has 2 rings (SSSR count). The van der Waals surface area contributed by atoms with Crippen LogP contribution in [0.1, 0.15) is 51.6 Å². The molecule has 0 aromatic heterocycles. The van der Waals surface area contributed by atoms with Gasteiger partial charge in [0.15, 0.2) is 0 Å². The third-order valence-electron chi connectivity index (χ3n) is 4.85. The van der Waals surface area contributed by atoms with Crippen LogP contribution in [0.15, 0.2) is 28.7 Å². The number of hydrogen-bond acceptors (Lipinski definition) is 2. The summed E-state index contributed by atoms with van der Waals surface area (Å²) in [6.07, 6.45) is 3.96. The molecule has 0 aliphatic carbocycles. The van der Waals surface area contributed by atoms with Gasteiger partial charge in [0, 0.05) is 16.6 Å². The van der Waals surface area contributed by atoms with Crippen LogP contribution in [0, 0.1) is 11.8 Å². The summed E-state index contributed by atoms with van der Waals surface area (Å²) in [5.41, 5.74) is 7.67. The van der Waals surface area contributed by atoms with E-state index in [-0.39, 0.29) is 6.04 Å². The molecule has 1 saturated heterocycles. The Hall–Kier alpha value is -0.380. The van der Waals surface area contributed by atoms with Crippen LogP contribution < -0.4 is 5.73 Å². The Labute approximate surface area is 138 Å². The van der Waals surface area contributed by atoms with Crippen molar-refractivity contribution in [1.29, 1.82) is 0 Å². The molecule has 2 N–H and O–H groups in total. The highest BCUT2D eigenvalue weighted by Gasteiger charge is 2.27. The summed E-state index contributed by atoms with van der Waals surface area (Å²) >= 11 is 3.52. The van der Waals surface area contributed by atoms with Crippen molar-refractivity contribution in [2.45, 2.75) is 52.1 Å². The van der Waals surface area contributed by atoms with Gasteiger partial charge in [-0.25, -0.2) is 0 Å². The molecule has 21 heavy (non-hydrogen) atoms. The van der Waals surface area contributed by atoms with Gasteiger partial charge in [-0.2, -0.15) is 0 Å². The van der Waals surface area contributed by atoms with Crippen LogP contribution in [-0.4, -0.2) is 24.0 Å². The third-order valence-corrected chi connectivity index (χ3v) is 5.38. The van der Waals surface area contributed by atoms with Gasteiger partial charge in [0.05, 0.1) is 0 Å². The lowest BCUT2D eigenvalue weighted by Crippen LogP contribution is -2.40. The van der Waals surface area contributed by atoms with Crippen molar-refractivity contribution in [2.75, 3.05) is 13.1 Å². The van der Waals surface area contributed by atoms with Crippen molar-refractivity contribution in [3.8, 4) is 0 Å². The first kappa shape index (κ1) is 17.0. The molecule has 0 amide bonds. The summed E-state index contributed by atoms with van der Waals surface area (Å²) < 4.78 is 1.13. The molecule has 3 unspecified atom stereocenters. The lowest BCUT2D eigenvalue weighted by Gasteiger charge is -2.34. The molecule has 1 fully saturated rings. The van der Waals surface area contributed by atoms with Crippen LogP contribution in [0.25, 0.3) is 0 Å². The molecule has 1 aliphatic rings. The molecule has 0 bridgehead atoms. The second kappa shape index (κ2) is 7.75. The topological polar surface area (TPSA) is 29.3 Å². The van der Waals surface area contributed by atoms with E-state index in [9.17, 15) is 0 Å². The van der Waals surface area contributed by atoms with E-state index >= 15 is 0 Å². The van der Waals surface area contributed by atoms with Gasteiger partial charge in [0.2, 0.25) is 0 Å². The fourth-order valence-corrected chi connectivity index (χ4v) is 3.86. The summed E-state index contributed by atoms with van der Waals surface area (Å²) in [5, 5.41) is 0. The van der Waals surface area contributed by atoms with E-state index in [4.69, 9.17) is 5.73 Å². The van der Waals surface area contributed by atoms with Gasteiger partial charge >= 0.3 is 0 Å². The van der Waals surface area contributed by atoms with Crippen LogP contribution >= 0.6 is 15.9 Å². The predicted molar refractivity (Wildman–Crippen MR) is 94.3 cm³/mol. The summed E-state index contributed by atoms with van der Waals surface area (Å²) in [5.74, 6) is 1.67. The lowest BCUT2D eigenvalue weighted by atomic mass is 9.89. The molecule has 118 valence electrons. The maximum atomic E-state index is 6.33. The Morgan fingerprint density at radius 2 is 1.76 bits per heavy atom. The van der Waals surface area contributed by atoms with E-state index in [0.717, 1.165) is 16.3 Å². The fourth-order valence-electron chi connectivity index (χ4n) is 3.60. The van der Waals surface area contributed by atoms with Gasteiger partial charge in [0.1, 0.15) is 0 Å². The van der Waals surface area contributed by atoms with Crippen molar-refractivity contribution in [1.82, 2.24) is 4.90 Å². The zero-order valence-electron chi connectivity index (χ0n) is 13.6. The van der Waals surface area contributed by atoms with E-state index in [1.807, 2.05) is 0 Å². The highest BCUT2D eigenvalue weighted by molar-refractivity contribution is 9.10. The molecular weight excluding hydrogens is 324 g/mol. The minimum absolute atomic E-state index is 0.154. The smallest absolute Gasteiger partial charge is 0.0496 e. The normalized spacial score (nSPS) is 23.8. The highest BCUT2D eigenvalue weighted by Crippen LogP contribution is 2.31. The van der Waals surface area contributed by atoms with E-state index in [1.54, 1.807) is 0 Å². The van der Waals surface area contributed by atoms with Crippen LogP contribution in [0.3, 0.4) is 0 Å². The molecule has 1 aromatic rings. The maximum absolute atomic E-state index is 6.33. The summed E-state index contributed by atoms with van der Waals surface area (Å²) in [4.78, 5) is 2.61. The zero-order chi connectivity index (χ0) is 15.4. The molecule has 0 spiro atoms. The maximum Gasteiger partial charge on any atom is 0.0496 e. The van der Waals surface area contributed by atoms with Gasteiger partial charge in [-0.05, 0) is 68.8 Å². The second-order valence-corrected chi connectivity index (χ2v) is 7.74. The molecule has 3 heteroatoms. The van der Waals surface area contributed by atoms with Crippen molar-refractivity contribution in [2.24, 2.45) is 17.6 Å². The molecule has 2 nitrogen and oxygen atoms in total. The summed E-state index contributed by atoms with van der Waals surface area (Å²) in [6.45, 7) is 9.20. The van der Waals surface area contributed by atoms with E-state index in [0.29, 0.717) is 6.04 Å². The van der Waals surface area contributed by atoms with Crippen molar-refractivity contribution < 1.29 is 0 Å². The molecule has 3 atom stereocenters. The average Bonchev–Trinajstić information content (AvgIpc) is 2.67. The SMILES string of the molecule is CC(C)C1CCCN(C(c2ccc(Br)cc2)C(C)N)CC1. The largest absolute Gasteiger partial charge is 0.326 e. The van der Waals surface area contributed by atoms with Gasteiger partial charge in [-0.1, -0.05) is 41.9 Å². The molecule has 1 aromatic carbocycles. The molecule has 0 radical (unpaired) electrons. The Bertz CT molecular complexity index is 427. The Morgan fingerprint density at radius 1 is 1.10 bits per heavy atom. The number of nitrogens with two attached hydrogens (primary N) is 1. The third kappa shape index (κ3) is 4.54. The minimum Gasteiger partial charge on any atom is -0.326 e. The van der Waals surface area contributed by atoms with E-state index in [2.05, 4.69) is 65.9 Å². The number of rotatable bonds is 4. The second-order valence-electron chi connectivity index (χ2n) is 6.83. The van der Waals surface area contributed by atoms with E-state index < -0.39 is 0 Å².